The maximum Gasteiger partial charge on any atom is 0.407 e. The molecule has 2 aromatic heterocycles. The number of alkyl carbamates (subject to hydrolysis) is 1. The Balaban J connectivity index is 1.08. The molecule has 2 aliphatic heterocycles. The highest BCUT2D eigenvalue weighted by atomic mass is 16.5. The minimum Gasteiger partial charge on any atom is -0.453 e. The Hall–Kier alpha value is -5.41. The number of imidazole rings is 2. The van der Waals surface area contributed by atoms with E-state index in [0.717, 1.165) is 77.5 Å². The number of nitrogens with one attached hydrogen (secondary N) is 3. The lowest BCUT2D eigenvalue weighted by molar-refractivity contribution is -0.138. The Morgan fingerprint density at radius 1 is 0.759 bits per heavy atom. The normalized spacial score (nSPS) is 18.2. The highest BCUT2D eigenvalue weighted by Gasteiger charge is 2.39. The van der Waals surface area contributed by atoms with E-state index in [1.807, 2.05) is 97.4 Å². The van der Waals surface area contributed by atoms with Gasteiger partial charge in [-0.3, -0.25) is 14.5 Å². The summed E-state index contributed by atoms with van der Waals surface area (Å²) in [6.45, 7) is 9.34. The molecule has 2 fully saturated rings. The van der Waals surface area contributed by atoms with Crippen molar-refractivity contribution in [3.8, 4) is 34.4 Å². The van der Waals surface area contributed by atoms with Gasteiger partial charge in [0.1, 0.15) is 17.7 Å². The quantitative estimate of drug-likeness (QED) is 0.166. The van der Waals surface area contributed by atoms with Crippen LogP contribution in [0.1, 0.15) is 88.2 Å². The molecule has 3 N–H and O–H groups in total. The fourth-order valence-electron chi connectivity index (χ4n) is 7.70. The first-order valence-corrected chi connectivity index (χ1v) is 18.9. The molecule has 54 heavy (non-hydrogen) atoms. The number of aromatic amines is 2. The van der Waals surface area contributed by atoms with Gasteiger partial charge in [0.15, 0.2) is 0 Å². The fraction of sp³-hybridized carbons (Fsp3) is 0.452. The third-order valence-electron chi connectivity index (χ3n) is 10.5. The van der Waals surface area contributed by atoms with E-state index in [1.165, 1.54) is 7.11 Å². The molecule has 4 heterocycles. The first-order valence-electron chi connectivity index (χ1n) is 18.9. The maximum atomic E-state index is 13.5. The Morgan fingerprint density at radius 3 is 1.63 bits per heavy atom. The first-order chi connectivity index (χ1) is 25.9. The van der Waals surface area contributed by atoms with E-state index in [2.05, 4.69) is 46.0 Å². The van der Waals surface area contributed by atoms with Gasteiger partial charge in [-0.2, -0.15) is 0 Å². The molecule has 3 amide bonds. The minimum atomic E-state index is -0.679. The van der Waals surface area contributed by atoms with Crippen molar-refractivity contribution in [1.82, 2.24) is 40.0 Å². The predicted octanol–water partition coefficient (Wildman–Crippen LogP) is 6.16. The van der Waals surface area contributed by atoms with Gasteiger partial charge in [-0.1, -0.05) is 63.8 Å². The summed E-state index contributed by atoms with van der Waals surface area (Å²) in [4.78, 5) is 61.0. The van der Waals surface area contributed by atoms with Crippen LogP contribution in [0.15, 0.2) is 60.9 Å². The molecule has 2 saturated heterocycles. The molecule has 2 aliphatic rings. The smallest absolute Gasteiger partial charge is 0.407 e. The summed E-state index contributed by atoms with van der Waals surface area (Å²) in [6.07, 6.45) is 6.54. The van der Waals surface area contributed by atoms with E-state index in [9.17, 15) is 14.4 Å². The van der Waals surface area contributed by atoms with E-state index in [1.54, 1.807) is 6.20 Å². The van der Waals surface area contributed by atoms with Crippen molar-refractivity contribution in [3.63, 3.8) is 0 Å². The molecule has 2 aromatic carbocycles. The Bertz CT molecular complexity index is 1980. The van der Waals surface area contributed by atoms with Crippen molar-refractivity contribution >= 4 is 17.9 Å². The van der Waals surface area contributed by atoms with Crippen LogP contribution in [0.5, 0.6) is 0 Å². The molecule has 0 unspecified atom stereocenters. The van der Waals surface area contributed by atoms with E-state index >= 15 is 0 Å². The summed E-state index contributed by atoms with van der Waals surface area (Å²) in [5.41, 5.74) is 5.53. The summed E-state index contributed by atoms with van der Waals surface area (Å²) < 4.78 is 4.75. The summed E-state index contributed by atoms with van der Waals surface area (Å²) in [5, 5.41) is 2.69. The highest BCUT2D eigenvalue weighted by Crippen LogP contribution is 2.34. The Labute approximate surface area is 318 Å². The highest BCUT2D eigenvalue weighted by molar-refractivity contribution is 5.86. The molecule has 284 valence electrons. The molecule has 12 nitrogen and oxygen atoms in total. The maximum absolute atomic E-state index is 13.5. The number of nitrogens with zero attached hydrogens (tertiary/aromatic N) is 5. The third-order valence-corrected chi connectivity index (χ3v) is 10.5. The van der Waals surface area contributed by atoms with Crippen LogP contribution in [-0.4, -0.2) is 98.9 Å². The molecule has 0 saturated carbocycles. The zero-order chi connectivity index (χ0) is 38.5. The number of methoxy groups -OCH3 is 1. The average Bonchev–Trinajstić information content (AvgIpc) is 3.99. The van der Waals surface area contributed by atoms with Crippen LogP contribution in [-0.2, 0) is 14.3 Å². The molecule has 4 atom stereocenters. The standard InChI is InChI=1S/C42H52N8O4/c1-26(2)36(47-42(53)54-7)40(51)49-22-8-10-34(49)38-43-24-32(45-38)30-18-14-28(15-19-30)12-13-29-16-20-31(21-17-29)33-25-44-39(46-33)35-11-9-23-50(35)41(52)37(27(3)4)48(5)6/h14-21,24-27,34-37H,8-11,22-23H2,1-7H3,(H,43,45)(H,44,46)(H,47,53)/t34-,35-,36-,37+/m0/s1. The van der Waals surface area contributed by atoms with Crippen LogP contribution in [0.2, 0.25) is 0 Å². The summed E-state index contributed by atoms with van der Waals surface area (Å²) in [5.74, 6) is 8.24. The Morgan fingerprint density at radius 2 is 1.22 bits per heavy atom. The zero-order valence-corrected chi connectivity index (χ0v) is 32.3. The zero-order valence-electron chi connectivity index (χ0n) is 32.3. The lowest BCUT2D eigenvalue weighted by Gasteiger charge is -2.33. The lowest BCUT2D eigenvalue weighted by Crippen LogP contribution is -2.51. The molecule has 6 rings (SSSR count). The molecule has 0 radical (unpaired) electrons. The number of ether oxygens (including phenoxy) is 1. The van der Waals surface area contributed by atoms with Gasteiger partial charge in [0.2, 0.25) is 11.8 Å². The number of benzene rings is 2. The number of hydrogen-bond donors (Lipinski definition) is 3. The number of likely N-dealkylation sites (N-methyl/N-ethyl adjacent to an activating group) is 1. The van der Waals surface area contributed by atoms with Gasteiger partial charge in [0.05, 0.1) is 49.0 Å². The van der Waals surface area contributed by atoms with Gasteiger partial charge in [-0.25, -0.2) is 14.8 Å². The molecule has 12 heteroatoms. The SMILES string of the molecule is COC(=O)N[C@H](C(=O)N1CCC[C@H]1c1ncc(-c2ccc(C#Cc3ccc(-c4cnc([C@@H]5CCCN5C(=O)[C@@H](C(C)C)N(C)C)[nH]4)cc3)cc2)[nH]1)C(C)C. The number of amides is 3. The van der Waals surface area contributed by atoms with Crippen LogP contribution < -0.4 is 5.32 Å². The number of rotatable bonds is 10. The molecular formula is C42H52N8O4. The number of hydrogen-bond acceptors (Lipinski definition) is 7. The van der Waals surface area contributed by atoms with Gasteiger partial charge < -0.3 is 29.8 Å². The second kappa shape index (κ2) is 16.7. The fourth-order valence-corrected chi connectivity index (χ4v) is 7.70. The summed E-state index contributed by atoms with van der Waals surface area (Å²) in [6, 6.07) is 15.0. The molecule has 0 spiro atoms. The lowest BCUT2D eigenvalue weighted by atomic mass is 10.0. The molecular weight excluding hydrogens is 681 g/mol. The van der Waals surface area contributed by atoms with Gasteiger partial charge in [0.25, 0.3) is 0 Å². The van der Waals surface area contributed by atoms with Crippen molar-refractivity contribution in [2.45, 2.75) is 77.5 Å². The predicted molar refractivity (Wildman–Crippen MR) is 208 cm³/mol. The number of carbonyl (C=O) groups excluding carboxylic acids is 3. The van der Waals surface area contributed by atoms with E-state index in [0.29, 0.717) is 6.54 Å². The largest absolute Gasteiger partial charge is 0.453 e. The minimum absolute atomic E-state index is 0.0477. The van der Waals surface area contributed by atoms with Crippen LogP contribution >= 0.6 is 0 Å². The third kappa shape index (κ3) is 8.37. The monoisotopic (exact) mass is 732 g/mol. The van der Waals surface area contributed by atoms with Crippen molar-refractivity contribution in [1.29, 1.82) is 0 Å². The van der Waals surface area contributed by atoms with Crippen LogP contribution in [0.4, 0.5) is 4.79 Å². The van der Waals surface area contributed by atoms with Crippen molar-refractivity contribution < 1.29 is 19.1 Å². The van der Waals surface area contributed by atoms with Gasteiger partial charge in [-0.15, -0.1) is 0 Å². The van der Waals surface area contributed by atoms with Crippen molar-refractivity contribution in [3.05, 3.63) is 83.7 Å². The second-order valence-corrected chi connectivity index (χ2v) is 15.2. The summed E-state index contributed by atoms with van der Waals surface area (Å²) in [7, 11) is 5.23. The average molecular weight is 733 g/mol. The van der Waals surface area contributed by atoms with Crippen LogP contribution in [0, 0.1) is 23.7 Å². The number of likely N-dealkylation sites (tertiary alicyclic amines) is 2. The molecule has 4 aromatic rings. The van der Waals surface area contributed by atoms with Gasteiger partial charge >= 0.3 is 6.09 Å². The topological polar surface area (TPSA) is 140 Å². The summed E-state index contributed by atoms with van der Waals surface area (Å²) >= 11 is 0. The van der Waals surface area contributed by atoms with Gasteiger partial charge in [-0.05, 0) is 87.0 Å². The molecule has 0 aliphatic carbocycles. The number of aromatic nitrogens is 4. The molecule has 0 bridgehead atoms. The first kappa shape index (κ1) is 38.3. The second-order valence-electron chi connectivity index (χ2n) is 15.2. The van der Waals surface area contributed by atoms with Crippen LogP contribution in [0.25, 0.3) is 22.5 Å². The van der Waals surface area contributed by atoms with E-state index < -0.39 is 12.1 Å². The van der Waals surface area contributed by atoms with Gasteiger partial charge in [0, 0.05) is 24.2 Å². The number of H-pyrrole nitrogens is 2. The Kier molecular flexibility index (Phi) is 11.9. The van der Waals surface area contributed by atoms with E-state index in [4.69, 9.17) is 9.72 Å². The van der Waals surface area contributed by atoms with Crippen molar-refractivity contribution in [2.24, 2.45) is 11.8 Å². The van der Waals surface area contributed by atoms with Crippen LogP contribution in [0.3, 0.4) is 0 Å². The van der Waals surface area contributed by atoms with Crippen molar-refractivity contribution in [2.75, 3.05) is 34.3 Å². The number of carbonyl (C=O) groups is 3. The van der Waals surface area contributed by atoms with E-state index in [-0.39, 0.29) is 41.8 Å².